The van der Waals surface area contributed by atoms with Gasteiger partial charge in [0.25, 0.3) is 0 Å². The molecule has 2 N–H and O–H groups in total. The number of benzene rings is 2. The number of rotatable bonds is 4. The quantitative estimate of drug-likeness (QED) is 0.772. The molecule has 3 rings (SSSR count). The number of aromatic nitrogens is 2. The molecule has 1 amide bonds. The van der Waals surface area contributed by atoms with E-state index in [4.69, 9.17) is 11.6 Å². The van der Waals surface area contributed by atoms with Crippen molar-refractivity contribution in [2.45, 2.75) is 20.1 Å². The molecule has 3 aromatic rings. The number of halogens is 1. The van der Waals surface area contributed by atoms with Gasteiger partial charge in [-0.3, -0.25) is 4.79 Å². The maximum Gasteiger partial charge on any atom is 0.244 e. The van der Waals surface area contributed by atoms with Gasteiger partial charge >= 0.3 is 0 Å². The third-order valence-electron chi connectivity index (χ3n) is 3.58. The van der Waals surface area contributed by atoms with Crippen LogP contribution in [0.1, 0.15) is 11.4 Å². The van der Waals surface area contributed by atoms with Crippen molar-refractivity contribution in [3.05, 3.63) is 58.9 Å². The SMILES string of the molecule is Cc1ccc(NC(=O)Cn2c(CO)nc3ccccc32)c(Cl)c1. The number of carbonyl (C=O) groups excluding carboxylic acids is 1. The van der Waals surface area contributed by atoms with Crippen LogP contribution in [0.4, 0.5) is 5.69 Å². The lowest BCUT2D eigenvalue weighted by atomic mass is 10.2. The van der Waals surface area contributed by atoms with Crippen molar-refractivity contribution >= 4 is 34.2 Å². The van der Waals surface area contributed by atoms with Crippen molar-refractivity contribution in [3.8, 4) is 0 Å². The molecule has 5 nitrogen and oxygen atoms in total. The van der Waals surface area contributed by atoms with Crippen molar-refractivity contribution in [2.75, 3.05) is 5.32 Å². The molecule has 0 unspecified atom stereocenters. The van der Waals surface area contributed by atoms with Gasteiger partial charge in [0.2, 0.25) is 5.91 Å². The van der Waals surface area contributed by atoms with Crippen molar-refractivity contribution in [1.82, 2.24) is 9.55 Å². The van der Waals surface area contributed by atoms with E-state index in [1.807, 2.05) is 37.3 Å². The summed E-state index contributed by atoms with van der Waals surface area (Å²) >= 11 is 6.14. The Morgan fingerprint density at radius 3 is 2.83 bits per heavy atom. The average Bonchev–Trinajstić information content (AvgIpc) is 2.88. The summed E-state index contributed by atoms with van der Waals surface area (Å²) in [5, 5.41) is 12.7. The van der Waals surface area contributed by atoms with Gasteiger partial charge in [-0.1, -0.05) is 29.8 Å². The van der Waals surface area contributed by atoms with Crippen LogP contribution in [0.3, 0.4) is 0 Å². The van der Waals surface area contributed by atoms with Crippen molar-refractivity contribution in [1.29, 1.82) is 0 Å². The van der Waals surface area contributed by atoms with Gasteiger partial charge in [0.15, 0.2) is 0 Å². The van der Waals surface area contributed by atoms with Crippen LogP contribution in [0.5, 0.6) is 0 Å². The molecule has 118 valence electrons. The number of hydrogen-bond donors (Lipinski definition) is 2. The number of anilines is 1. The second-order valence-electron chi connectivity index (χ2n) is 5.29. The van der Waals surface area contributed by atoms with Crippen LogP contribution in [-0.4, -0.2) is 20.6 Å². The maximum atomic E-state index is 12.3. The van der Waals surface area contributed by atoms with E-state index in [1.54, 1.807) is 16.7 Å². The number of hydrogen-bond acceptors (Lipinski definition) is 3. The minimum atomic E-state index is -0.229. The van der Waals surface area contributed by atoms with Crippen LogP contribution < -0.4 is 5.32 Å². The van der Waals surface area contributed by atoms with Gasteiger partial charge < -0.3 is 15.0 Å². The van der Waals surface area contributed by atoms with Crippen LogP contribution in [-0.2, 0) is 17.9 Å². The van der Waals surface area contributed by atoms with E-state index in [0.29, 0.717) is 16.5 Å². The number of fused-ring (bicyclic) bond motifs is 1. The molecule has 1 aromatic heterocycles. The molecule has 0 aliphatic carbocycles. The third-order valence-corrected chi connectivity index (χ3v) is 3.89. The molecule has 0 aliphatic rings. The van der Waals surface area contributed by atoms with E-state index in [2.05, 4.69) is 10.3 Å². The summed E-state index contributed by atoms with van der Waals surface area (Å²) in [4.78, 5) is 16.7. The van der Waals surface area contributed by atoms with E-state index in [-0.39, 0.29) is 19.1 Å². The Labute approximate surface area is 138 Å². The fraction of sp³-hybridized carbons (Fsp3) is 0.176. The number of para-hydroxylation sites is 2. The Morgan fingerprint density at radius 2 is 2.09 bits per heavy atom. The minimum Gasteiger partial charge on any atom is -0.388 e. The van der Waals surface area contributed by atoms with Gasteiger partial charge in [0, 0.05) is 0 Å². The number of amides is 1. The lowest BCUT2D eigenvalue weighted by molar-refractivity contribution is -0.116. The standard InChI is InChI=1S/C17H16ClN3O2/c1-11-6-7-13(12(18)8-11)20-17(23)9-21-15-5-3-2-4-14(15)19-16(21)10-22/h2-8,22H,9-10H2,1H3,(H,20,23). The van der Waals surface area contributed by atoms with Crippen molar-refractivity contribution < 1.29 is 9.90 Å². The first-order valence-electron chi connectivity index (χ1n) is 7.19. The highest BCUT2D eigenvalue weighted by Crippen LogP contribution is 2.23. The van der Waals surface area contributed by atoms with E-state index in [1.165, 1.54) is 0 Å². The molecule has 6 heteroatoms. The van der Waals surface area contributed by atoms with E-state index in [9.17, 15) is 9.90 Å². The van der Waals surface area contributed by atoms with Crippen molar-refractivity contribution in [3.63, 3.8) is 0 Å². The lowest BCUT2D eigenvalue weighted by Gasteiger charge is -2.10. The zero-order valence-electron chi connectivity index (χ0n) is 12.6. The molecule has 0 saturated carbocycles. The van der Waals surface area contributed by atoms with E-state index in [0.717, 1.165) is 16.6 Å². The van der Waals surface area contributed by atoms with Crippen LogP contribution in [0.25, 0.3) is 11.0 Å². The monoisotopic (exact) mass is 329 g/mol. The summed E-state index contributed by atoms with van der Waals surface area (Å²) in [5.74, 6) is 0.227. The number of imidazole rings is 1. The van der Waals surface area contributed by atoms with Gasteiger partial charge in [0.05, 0.1) is 21.7 Å². The summed E-state index contributed by atoms with van der Waals surface area (Å²) in [6.45, 7) is 1.76. The number of nitrogens with one attached hydrogen (secondary N) is 1. The average molecular weight is 330 g/mol. The molecule has 0 aliphatic heterocycles. The highest BCUT2D eigenvalue weighted by atomic mass is 35.5. The molecule has 1 heterocycles. The molecule has 0 atom stereocenters. The molecule has 0 saturated heterocycles. The molecule has 0 radical (unpaired) electrons. The largest absolute Gasteiger partial charge is 0.388 e. The fourth-order valence-electron chi connectivity index (χ4n) is 2.48. The summed E-state index contributed by atoms with van der Waals surface area (Å²) in [7, 11) is 0. The van der Waals surface area contributed by atoms with Crippen LogP contribution in [0.2, 0.25) is 5.02 Å². The normalized spacial score (nSPS) is 10.9. The minimum absolute atomic E-state index is 0.0562. The Bertz CT molecular complexity index is 873. The number of aryl methyl sites for hydroxylation is 1. The maximum absolute atomic E-state index is 12.3. The zero-order valence-corrected chi connectivity index (χ0v) is 13.3. The van der Waals surface area contributed by atoms with Gasteiger partial charge in [-0.2, -0.15) is 0 Å². The molecular weight excluding hydrogens is 314 g/mol. The number of nitrogens with zero attached hydrogens (tertiary/aromatic N) is 2. The molecule has 23 heavy (non-hydrogen) atoms. The summed E-state index contributed by atoms with van der Waals surface area (Å²) in [5.41, 5.74) is 3.15. The Morgan fingerprint density at radius 1 is 1.30 bits per heavy atom. The second-order valence-corrected chi connectivity index (χ2v) is 5.70. The van der Waals surface area contributed by atoms with Gasteiger partial charge in [0.1, 0.15) is 19.0 Å². The number of aliphatic hydroxyl groups is 1. The van der Waals surface area contributed by atoms with E-state index >= 15 is 0 Å². The van der Waals surface area contributed by atoms with Gasteiger partial charge in [-0.05, 0) is 36.8 Å². The van der Waals surface area contributed by atoms with Crippen LogP contribution in [0, 0.1) is 6.92 Å². The highest BCUT2D eigenvalue weighted by Gasteiger charge is 2.13. The predicted octanol–water partition coefficient (Wildman–Crippen LogP) is 3.13. The first-order chi connectivity index (χ1) is 11.1. The molecule has 2 aromatic carbocycles. The molecular formula is C17H16ClN3O2. The zero-order chi connectivity index (χ0) is 16.4. The third kappa shape index (κ3) is 3.21. The Hall–Kier alpha value is -2.37. The van der Waals surface area contributed by atoms with Crippen LogP contribution in [0.15, 0.2) is 42.5 Å². The number of carbonyl (C=O) groups is 1. The van der Waals surface area contributed by atoms with Gasteiger partial charge in [-0.25, -0.2) is 4.98 Å². The van der Waals surface area contributed by atoms with Crippen LogP contribution >= 0.6 is 11.6 Å². The molecule has 0 spiro atoms. The second kappa shape index (κ2) is 6.40. The number of aliphatic hydroxyl groups excluding tert-OH is 1. The Balaban J connectivity index is 1.85. The van der Waals surface area contributed by atoms with Gasteiger partial charge in [-0.15, -0.1) is 0 Å². The molecule has 0 fully saturated rings. The highest BCUT2D eigenvalue weighted by molar-refractivity contribution is 6.33. The summed E-state index contributed by atoms with van der Waals surface area (Å²) in [6, 6.07) is 12.9. The molecule has 0 bridgehead atoms. The summed E-state index contributed by atoms with van der Waals surface area (Å²) < 4.78 is 1.70. The summed E-state index contributed by atoms with van der Waals surface area (Å²) in [6.07, 6.45) is 0. The van der Waals surface area contributed by atoms with Crippen molar-refractivity contribution in [2.24, 2.45) is 0 Å². The van der Waals surface area contributed by atoms with E-state index < -0.39 is 0 Å². The lowest BCUT2D eigenvalue weighted by Crippen LogP contribution is -2.20. The Kier molecular flexibility index (Phi) is 4.32. The predicted molar refractivity (Wildman–Crippen MR) is 90.5 cm³/mol. The topological polar surface area (TPSA) is 67.2 Å². The first kappa shape index (κ1) is 15.5. The fourth-order valence-corrected chi connectivity index (χ4v) is 2.76. The first-order valence-corrected chi connectivity index (χ1v) is 7.57. The smallest absolute Gasteiger partial charge is 0.244 e.